The van der Waals surface area contributed by atoms with Crippen LogP contribution in [-0.4, -0.2) is 48.6 Å². The van der Waals surface area contributed by atoms with Gasteiger partial charge >= 0.3 is 0 Å². The van der Waals surface area contributed by atoms with Gasteiger partial charge in [0, 0.05) is 18.6 Å². The van der Waals surface area contributed by atoms with E-state index in [1.54, 1.807) is 0 Å². The first-order chi connectivity index (χ1) is 9.56. The van der Waals surface area contributed by atoms with Gasteiger partial charge < -0.3 is 15.5 Å². The fourth-order valence-electron chi connectivity index (χ4n) is 3.33. The molecule has 1 saturated heterocycles. The maximum atomic E-state index is 12.1. The van der Waals surface area contributed by atoms with E-state index in [1.165, 1.54) is 32.4 Å². The number of hydrogen-bond acceptors (Lipinski definition) is 3. The number of likely N-dealkylation sites (tertiary alicyclic amines) is 1. The van der Waals surface area contributed by atoms with Gasteiger partial charge in [0.1, 0.15) is 0 Å². The average Bonchev–Trinajstić information content (AvgIpc) is 3.06. The van der Waals surface area contributed by atoms with Crippen molar-refractivity contribution in [2.75, 3.05) is 19.6 Å². The van der Waals surface area contributed by atoms with E-state index < -0.39 is 0 Å². The number of amides is 1. The Morgan fingerprint density at radius 1 is 1.20 bits per heavy atom. The van der Waals surface area contributed by atoms with Gasteiger partial charge in [0.25, 0.3) is 0 Å². The van der Waals surface area contributed by atoms with Crippen LogP contribution in [0.1, 0.15) is 52.9 Å². The number of hydrogen-bond donors (Lipinski definition) is 2. The van der Waals surface area contributed by atoms with Gasteiger partial charge in [-0.1, -0.05) is 12.8 Å². The second kappa shape index (κ2) is 7.41. The zero-order valence-corrected chi connectivity index (χ0v) is 13.3. The van der Waals surface area contributed by atoms with Crippen LogP contribution in [0.25, 0.3) is 0 Å². The molecule has 4 heteroatoms. The van der Waals surface area contributed by atoms with E-state index in [0.29, 0.717) is 18.0 Å². The van der Waals surface area contributed by atoms with Crippen molar-refractivity contribution in [1.82, 2.24) is 15.5 Å². The number of carbonyl (C=O) groups is 1. The maximum absolute atomic E-state index is 12.1. The predicted octanol–water partition coefficient (Wildman–Crippen LogP) is 1.75. The lowest BCUT2D eigenvalue weighted by atomic mass is 10.1. The molecule has 2 N–H and O–H groups in total. The van der Waals surface area contributed by atoms with Crippen LogP contribution < -0.4 is 10.6 Å². The highest BCUT2D eigenvalue weighted by molar-refractivity contribution is 5.81. The van der Waals surface area contributed by atoms with Gasteiger partial charge in [-0.2, -0.15) is 0 Å². The predicted molar refractivity (Wildman–Crippen MR) is 82.7 cm³/mol. The van der Waals surface area contributed by atoms with Gasteiger partial charge in [-0.05, 0) is 59.0 Å². The third-order valence-corrected chi connectivity index (χ3v) is 4.86. The summed E-state index contributed by atoms with van der Waals surface area (Å²) in [6.07, 6.45) is 6.09. The zero-order chi connectivity index (χ0) is 14.5. The first-order valence-corrected chi connectivity index (χ1v) is 8.34. The Bertz CT molecular complexity index is 313. The van der Waals surface area contributed by atoms with E-state index in [4.69, 9.17) is 0 Å². The Kier molecular flexibility index (Phi) is 5.85. The van der Waals surface area contributed by atoms with Crippen LogP contribution in [0, 0.1) is 5.92 Å². The van der Waals surface area contributed by atoms with Crippen molar-refractivity contribution < 1.29 is 4.79 Å². The average molecular weight is 281 g/mol. The molecule has 1 heterocycles. The van der Waals surface area contributed by atoms with Crippen molar-refractivity contribution in [3.05, 3.63) is 0 Å². The van der Waals surface area contributed by atoms with Gasteiger partial charge in [-0.25, -0.2) is 0 Å². The van der Waals surface area contributed by atoms with Crippen LogP contribution in [0.2, 0.25) is 0 Å². The van der Waals surface area contributed by atoms with Crippen molar-refractivity contribution in [1.29, 1.82) is 0 Å². The van der Waals surface area contributed by atoms with Crippen molar-refractivity contribution in [2.45, 2.75) is 71.0 Å². The van der Waals surface area contributed by atoms with Gasteiger partial charge in [0.2, 0.25) is 5.91 Å². The Morgan fingerprint density at radius 2 is 1.90 bits per heavy atom. The quantitative estimate of drug-likeness (QED) is 0.779. The normalized spacial score (nSPS) is 26.3. The summed E-state index contributed by atoms with van der Waals surface area (Å²) in [7, 11) is 0. The van der Waals surface area contributed by atoms with E-state index in [-0.39, 0.29) is 11.9 Å². The van der Waals surface area contributed by atoms with E-state index in [0.717, 1.165) is 19.4 Å². The fraction of sp³-hybridized carbons (Fsp3) is 0.938. The van der Waals surface area contributed by atoms with E-state index in [9.17, 15) is 4.79 Å². The molecule has 0 bridgehead atoms. The number of nitrogens with one attached hydrogen (secondary N) is 2. The highest BCUT2D eigenvalue weighted by Crippen LogP contribution is 2.18. The standard InChI is InChI=1S/C16H31N3O/c1-12(2)19-9-8-14(11-19)10-17-13(3)16(20)18-15-6-4-5-7-15/h12-15,17H,4-11H2,1-3H3,(H,18,20). The minimum Gasteiger partial charge on any atom is -0.352 e. The van der Waals surface area contributed by atoms with Crippen molar-refractivity contribution >= 4 is 5.91 Å². The van der Waals surface area contributed by atoms with Crippen LogP contribution in [0.4, 0.5) is 0 Å². The largest absolute Gasteiger partial charge is 0.352 e. The molecule has 1 amide bonds. The SMILES string of the molecule is CC(NCC1CCN(C(C)C)C1)C(=O)NC1CCCC1. The topological polar surface area (TPSA) is 44.4 Å². The molecule has 2 aliphatic rings. The smallest absolute Gasteiger partial charge is 0.237 e. The highest BCUT2D eigenvalue weighted by atomic mass is 16.2. The molecule has 1 aliphatic carbocycles. The number of rotatable bonds is 6. The third-order valence-electron chi connectivity index (χ3n) is 4.86. The number of carbonyl (C=O) groups excluding carboxylic acids is 1. The highest BCUT2D eigenvalue weighted by Gasteiger charge is 2.25. The maximum Gasteiger partial charge on any atom is 0.237 e. The minimum atomic E-state index is -0.0660. The molecule has 0 aromatic carbocycles. The van der Waals surface area contributed by atoms with E-state index in [1.807, 2.05) is 6.92 Å². The molecule has 2 unspecified atom stereocenters. The lowest BCUT2D eigenvalue weighted by Gasteiger charge is -2.22. The van der Waals surface area contributed by atoms with Crippen molar-refractivity contribution in [3.8, 4) is 0 Å². The molecule has 20 heavy (non-hydrogen) atoms. The lowest BCUT2D eigenvalue weighted by Crippen LogP contribution is -2.47. The van der Waals surface area contributed by atoms with Gasteiger partial charge in [-0.15, -0.1) is 0 Å². The molecule has 2 fully saturated rings. The lowest BCUT2D eigenvalue weighted by molar-refractivity contribution is -0.123. The Hall–Kier alpha value is -0.610. The number of nitrogens with zero attached hydrogens (tertiary/aromatic N) is 1. The van der Waals surface area contributed by atoms with Crippen molar-refractivity contribution in [2.24, 2.45) is 5.92 Å². The van der Waals surface area contributed by atoms with Crippen LogP contribution in [0.15, 0.2) is 0 Å². The molecule has 0 radical (unpaired) electrons. The molecule has 0 spiro atoms. The second-order valence-electron chi connectivity index (χ2n) is 6.86. The second-order valence-corrected chi connectivity index (χ2v) is 6.86. The van der Waals surface area contributed by atoms with Crippen LogP contribution in [-0.2, 0) is 4.79 Å². The summed E-state index contributed by atoms with van der Waals surface area (Å²) in [5.41, 5.74) is 0. The summed E-state index contributed by atoms with van der Waals surface area (Å²) in [5, 5.41) is 6.59. The van der Waals surface area contributed by atoms with E-state index in [2.05, 4.69) is 29.4 Å². The summed E-state index contributed by atoms with van der Waals surface area (Å²) < 4.78 is 0. The van der Waals surface area contributed by atoms with Gasteiger partial charge in [0.15, 0.2) is 0 Å². The molecule has 0 aromatic heterocycles. The van der Waals surface area contributed by atoms with Gasteiger partial charge in [0.05, 0.1) is 6.04 Å². The Labute approximate surface area is 123 Å². The zero-order valence-electron chi connectivity index (χ0n) is 13.3. The molecule has 2 rings (SSSR count). The van der Waals surface area contributed by atoms with Crippen LogP contribution >= 0.6 is 0 Å². The van der Waals surface area contributed by atoms with Gasteiger partial charge in [-0.3, -0.25) is 4.79 Å². The summed E-state index contributed by atoms with van der Waals surface area (Å²) in [5.74, 6) is 0.870. The first-order valence-electron chi connectivity index (χ1n) is 8.34. The molecule has 2 atom stereocenters. The molecule has 116 valence electrons. The van der Waals surface area contributed by atoms with Crippen molar-refractivity contribution in [3.63, 3.8) is 0 Å². The molecule has 1 saturated carbocycles. The summed E-state index contributed by atoms with van der Waals surface area (Å²) in [4.78, 5) is 14.6. The monoisotopic (exact) mass is 281 g/mol. The van der Waals surface area contributed by atoms with Crippen LogP contribution in [0.3, 0.4) is 0 Å². The molecule has 0 aromatic rings. The third kappa shape index (κ3) is 4.45. The first kappa shape index (κ1) is 15.8. The molecular weight excluding hydrogens is 250 g/mol. The summed E-state index contributed by atoms with van der Waals surface area (Å²) in [6.45, 7) is 9.83. The Balaban J connectivity index is 1.64. The molecular formula is C16H31N3O. The Morgan fingerprint density at radius 3 is 2.50 bits per heavy atom. The fourth-order valence-corrected chi connectivity index (χ4v) is 3.33. The summed E-state index contributed by atoms with van der Waals surface area (Å²) in [6, 6.07) is 1.00. The molecule has 4 nitrogen and oxygen atoms in total. The minimum absolute atomic E-state index is 0.0660. The van der Waals surface area contributed by atoms with E-state index >= 15 is 0 Å². The summed E-state index contributed by atoms with van der Waals surface area (Å²) >= 11 is 0. The van der Waals surface area contributed by atoms with Crippen LogP contribution in [0.5, 0.6) is 0 Å². The molecule has 1 aliphatic heterocycles.